The van der Waals surface area contributed by atoms with Gasteiger partial charge in [0, 0.05) is 12.4 Å². The molecule has 0 rings (SSSR count). The Hall–Kier alpha value is -0.610. The predicted molar refractivity (Wildman–Crippen MR) is 40.0 cm³/mol. The van der Waals surface area contributed by atoms with Crippen molar-refractivity contribution >= 4 is 5.97 Å². The molecule has 2 N–H and O–H groups in total. The molecule has 0 aliphatic heterocycles. The van der Waals surface area contributed by atoms with E-state index in [9.17, 15) is 9.90 Å². The van der Waals surface area contributed by atoms with Crippen LogP contribution >= 0.6 is 0 Å². The fraction of sp³-hybridized carbons (Fsp3) is 0.857. The van der Waals surface area contributed by atoms with Gasteiger partial charge in [0.25, 0.3) is 0 Å². The minimum atomic E-state index is -1.21. The molecule has 4 heteroatoms. The zero-order valence-corrected chi connectivity index (χ0v) is 7.55. The third-order valence-electron chi connectivity index (χ3n) is 0.462. The molecule has 0 bridgehead atoms. The monoisotopic (exact) mass is 163 g/mol. The van der Waals surface area contributed by atoms with E-state index in [-0.39, 0.29) is 6.42 Å². The molecule has 68 valence electrons. The number of carboxylic acid groups (broad SMARTS) is 1. The molecule has 11 heavy (non-hydrogen) atoms. The van der Waals surface area contributed by atoms with Crippen molar-refractivity contribution in [2.24, 2.45) is 0 Å². The van der Waals surface area contributed by atoms with Gasteiger partial charge in [0.2, 0.25) is 0 Å². The van der Waals surface area contributed by atoms with Gasteiger partial charge in [-0.2, -0.15) is 0 Å². The first-order valence-corrected chi connectivity index (χ1v) is 3.51. The number of aliphatic hydroxyl groups is 1. The first kappa shape index (κ1) is 13.0. The van der Waals surface area contributed by atoms with E-state index in [1.165, 1.54) is 11.8 Å². The molecule has 0 saturated carbocycles. The highest BCUT2D eigenvalue weighted by atomic mass is 16.4. The number of quaternary nitrogens is 1. The molecule has 0 spiro atoms. The lowest BCUT2D eigenvalue weighted by Crippen LogP contribution is -3.02. The minimum absolute atomic E-state index is 0.278. The first-order chi connectivity index (χ1) is 4.86. The van der Waals surface area contributed by atoms with Gasteiger partial charge >= 0.3 is 0 Å². The van der Waals surface area contributed by atoms with Crippen molar-refractivity contribution in [2.75, 3.05) is 21.1 Å². The predicted octanol–water partition coefficient (Wildman–Crippen LogP) is -2.73. The number of hydrogen-bond acceptors (Lipinski definition) is 3. The maximum atomic E-state index is 9.54. The molecule has 1 unspecified atom stereocenters. The Morgan fingerprint density at radius 1 is 1.55 bits per heavy atom. The zero-order chi connectivity index (χ0) is 9.44. The molecular formula is C7H17NO3. The molecule has 1 atom stereocenters. The Kier molecular flexibility index (Phi) is 8.87. The van der Waals surface area contributed by atoms with Crippen LogP contribution in [0.1, 0.15) is 13.3 Å². The number of carbonyl (C=O) groups excluding carboxylic acids is 1. The highest BCUT2D eigenvalue weighted by Crippen LogP contribution is 1.83. The maximum Gasteiger partial charge on any atom is 0.0661 e. The summed E-state index contributed by atoms with van der Waals surface area (Å²) in [6.45, 7) is 1.40. The van der Waals surface area contributed by atoms with E-state index >= 15 is 0 Å². The number of carboxylic acids is 1. The maximum absolute atomic E-state index is 9.54. The third-order valence-corrected chi connectivity index (χ3v) is 0.462. The Balaban J connectivity index is 0. The van der Waals surface area contributed by atoms with Gasteiger partial charge in [-0.3, -0.25) is 0 Å². The van der Waals surface area contributed by atoms with E-state index in [1.54, 1.807) is 0 Å². The van der Waals surface area contributed by atoms with Crippen LogP contribution in [0.3, 0.4) is 0 Å². The number of rotatable bonds is 2. The summed E-state index contributed by atoms with van der Waals surface area (Å²) in [5.41, 5.74) is 0. The molecule has 0 aromatic heterocycles. The SMILES string of the molecule is CC(O)CC(=O)[O-].C[NH+](C)C. The quantitative estimate of drug-likeness (QED) is 0.464. The summed E-state index contributed by atoms with van der Waals surface area (Å²) in [7, 11) is 6.25. The van der Waals surface area contributed by atoms with Crippen LogP contribution < -0.4 is 10.0 Å². The molecule has 4 nitrogen and oxygen atoms in total. The van der Waals surface area contributed by atoms with E-state index in [1.807, 2.05) is 0 Å². The second-order valence-corrected chi connectivity index (χ2v) is 2.93. The van der Waals surface area contributed by atoms with Crippen LogP contribution in [0.4, 0.5) is 0 Å². The van der Waals surface area contributed by atoms with Crippen molar-refractivity contribution in [3.63, 3.8) is 0 Å². The van der Waals surface area contributed by atoms with Gasteiger partial charge in [0.15, 0.2) is 0 Å². The Bertz CT molecular complexity index is 99.1. The lowest BCUT2D eigenvalue weighted by atomic mass is 10.3. The highest BCUT2D eigenvalue weighted by Gasteiger charge is 1.91. The number of nitrogens with one attached hydrogen (secondary N) is 1. The van der Waals surface area contributed by atoms with E-state index in [0.29, 0.717) is 0 Å². The van der Waals surface area contributed by atoms with Gasteiger partial charge in [-0.1, -0.05) is 0 Å². The molecule has 0 amide bonds. The summed E-state index contributed by atoms with van der Waals surface area (Å²) in [4.78, 5) is 11.0. The van der Waals surface area contributed by atoms with E-state index in [2.05, 4.69) is 21.1 Å². The van der Waals surface area contributed by atoms with Crippen LogP contribution in [0.25, 0.3) is 0 Å². The second kappa shape index (κ2) is 7.50. The molecule has 0 aromatic carbocycles. The standard InChI is InChI=1S/C4H8O3.C3H9N/c1-3(5)2-4(6)7;1-4(2)3/h3,5H,2H2,1H3,(H,6,7);1-3H3. The Morgan fingerprint density at radius 3 is 1.82 bits per heavy atom. The molecule has 0 saturated heterocycles. The van der Waals surface area contributed by atoms with Crippen molar-refractivity contribution in [3.05, 3.63) is 0 Å². The van der Waals surface area contributed by atoms with Crippen molar-refractivity contribution in [1.82, 2.24) is 0 Å². The topological polar surface area (TPSA) is 64.8 Å². The summed E-state index contributed by atoms with van der Waals surface area (Å²) in [6, 6.07) is 0. The summed E-state index contributed by atoms with van der Waals surface area (Å²) in [6.07, 6.45) is -1.06. The van der Waals surface area contributed by atoms with Crippen LogP contribution in [0.5, 0.6) is 0 Å². The Morgan fingerprint density at radius 2 is 1.82 bits per heavy atom. The highest BCUT2D eigenvalue weighted by molar-refractivity contribution is 5.64. The van der Waals surface area contributed by atoms with Crippen LogP contribution in [-0.4, -0.2) is 38.3 Å². The summed E-state index contributed by atoms with van der Waals surface area (Å²) < 4.78 is 0. The van der Waals surface area contributed by atoms with Crippen LogP contribution in [-0.2, 0) is 4.79 Å². The number of carbonyl (C=O) groups is 1. The van der Waals surface area contributed by atoms with Gasteiger partial charge in [-0.25, -0.2) is 0 Å². The number of aliphatic carboxylic acids is 1. The molecule has 0 aliphatic rings. The summed E-state index contributed by atoms with van der Waals surface area (Å²) in [5, 5.41) is 17.8. The minimum Gasteiger partial charge on any atom is -0.550 e. The lowest BCUT2D eigenvalue weighted by molar-refractivity contribution is -0.836. The largest absolute Gasteiger partial charge is 0.550 e. The molecule has 0 aromatic rings. The average Bonchev–Trinajstić information content (AvgIpc) is 1.56. The smallest absolute Gasteiger partial charge is 0.0661 e. The molecule has 0 heterocycles. The van der Waals surface area contributed by atoms with Gasteiger partial charge in [0.1, 0.15) is 0 Å². The van der Waals surface area contributed by atoms with Crippen LogP contribution in [0.2, 0.25) is 0 Å². The average molecular weight is 163 g/mol. The fourth-order valence-electron chi connectivity index (χ4n) is 0.241. The van der Waals surface area contributed by atoms with Gasteiger partial charge in [-0.15, -0.1) is 0 Å². The van der Waals surface area contributed by atoms with Gasteiger partial charge in [-0.05, 0) is 6.92 Å². The molecular weight excluding hydrogens is 146 g/mol. The normalized spacial score (nSPS) is 11.8. The van der Waals surface area contributed by atoms with Crippen molar-refractivity contribution in [1.29, 1.82) is 0 Å². The van der Waals surface area contributed by atoms with E-state index in [4.69, 9.17) is 5.11 Å². The summed E-state index contributed by atoms with van der Waals surface area (Å²) in [5.74, 6) is -1.21. The van der Waals surface area contributed by atoms with Crippen LogP contribution in [0, 0.1) is 0 Å². The second-order valence-electron chi connectivity index (χ2n) is 2.93. The Labute approximate surface area is 67.4 Å². The fourth-order valence-corrected chi connectivity index (χ4v) is 0.241. The molecule has 0 aliphatic carbocycles. The lowest BCUT2D eigenvalue weighted by Gasteiger charge is -2.01. The van der Waals surface area contributed by atoms with E-state index in [0.717, 1.165) is 0 Å². The van der Waals surface area contributed by atoms with Crippen molar-refractivity contribution < 1.29 is 19.9 Å². The van der Waals surface area contributed by atoms with Crippen molar-refractivity contribution in [3.8, 4) is 0 Å². The van der Waals surface area contributed by atoms with Crippen molar-refractivity contribution in [2.45, 2.75) is 19.4 Å². The first-order valence-electron chi connectivity index (χ1n) is 3.51. The van der Waals surface area contributed by atoms with Gasteiger partial charge in [0.05, 0.1) is 27.2 Å². The molecule has 0 fully saturated rings. The summed E-state index contributed by atoms with van der Waals surface area (Å²) >= 11 is 0. The van der Waals surface area contributed by atoms with Crippen LogP contribution in [0.15, 0.2) is 0 Å². The molecule has 0 radical (unpaired) electrons. The number of aliphatic hydroxyl groups excluding tert-OH is 1. The van der Waals surface area contributed by atoms with E-state index < -0.39 is 12.1 Å². The number of hydrogen-bond donors (Lipinski definition) is 2. The zero-order valence-electron chi connectivity index (χ0n) is 7.55. The van der Waals surface area contributed by atoms with Gasteiger partial charge < -0.3 is 19.9 Å². The third kappa shape index (κ3) is 44.6.